The largest absolute Gasteiger partial charge is 0.510 e. The Morgan fingerprint density at radius 2 is 1.73 bits per heavy atom. The Balaban J connectivity index is 1.90. The van der Waals surface area contributed by atoms with Crippen LogP contribution in [-0.2, 0) is 14.4 Å². The van der Waals surface area contributed by atoms with Gasteiger partial charge >= 0.3 is 0 Å². The maximum Gasteiger partial charge on any atom is 0.255 e. The second kappa shape index (κ2) is 10.1. The normalized spacial score (nSPS) is 25.5. The lowest BCUT2D eigenvalue weighted by atomic mass is 9.64. The third kappa shape index (κ3) is 4.50. The third-order valence-corrected chi connectivity index (χ3v) is 8.52. The predicted molar refractivity (Wildman–Crippen MR) is 139 cm³/mol. The minimum Gasteiger partial charge on any atom is -0.510 e. The number of methoxy groups -OCH3 is 1. The number of ether oxygens (including phenoxy) is 1. The molecular weight excluding hydrogens is 496 g/mol. The summed E-state index contributed by atoms with van der Waals surface area (Å²) in [4.78, 5) is 42.3. The molecule has 37 heavy (non-hydrogen) atoms. The molecule has 0 radical (unpaired) electrons. The van der Waals surface area contributed by atoms with Gasteiger partial charge in [-0.25, -0.2) is 0 Å². The van der Waals surface area contributed by atoms with E-state index >= 15 is 0 Å². The number of amides is 1. The molecule has 2 aliphatic carbocycles. The lowest BCUT2D eigenvalue weighted by Gasteiger charge is -2.48. The molecule has 1 aromatic rings. The lowest BCUT2D eigenvalue weighted by molar-refractivity contribution is -0.136. The van der Waals surface area contributed by atoms with Gasteiger partial charge in [0.1, 0.15) is 28.6 Å². The fourth-order valence-electron chi connectivity index (χ4n) is 5.92. The minimum absolute atomic E-state index is 0.0267. The fourth-order valence-corrected chi connectivity index (χ4v) is 7.46. The fraction of sp³-hybridized carbons (Fsp3) is 0.519. The predicted octanol–water partition coefficient (Wildman–Crippen LogP) is 3.21. The maximum absolute atomic E-state index is 13.9. The summed E-state index contributed by atoms with van der Waals surface area (Å²) < 4.78 is 5.44. The number of nitrogens with zero attached hydrogens (tertiary/aromatic N) is 1. The number of primary amides is 1. The van der Waals surface area contributed by atoms with Crippen molar-refractivity contribution < 1.29 is 34.4 Å². The molecular formula is C27H34N2O7S. The van der Waals surface area contributed by atoms with E-state index in [9.17, 15) is 29.7 Å². The summed E-state index contributed by atoms with van der Waals surface area (Å²) in [5, 5.41) is 32.4. The van der Waals surface area contributed by atoms with Gasteiger partial charge in [0, 0.05) is 24.3 Å². The van der Waals surface area contributed by atoms with E-state index in [4.69, 9.17) is 10.5 Å². The first kappa shape index (κ1) is 27.1. The monoisotopic (exact) mass is 530 g/mol. The highest BCUT2D eigenvalue weighted by atomic mass is 32.2. The molecule has 3 unspecified atom stereocenters. The van der Waals surface area contributed by atoms with Crippen LogP contribution in [0.5, 0.6) is 11.5 Å². The number of carbonyl (C=O) groups is 3. The number of hydrogen-bond donors (Lipinski definition) is 4. The van der Waals surface area contributed by atoms with Crippen LogP contribution in [0.3, 0.4) is 0 Å². The molecule has 1 aromatic carbocycles. The number of benzene rings is 1. The first-order chi connectivity index (χ1) is 17.4. The van der Waals surface area contributed by atoms with Gasteiger partial charge in [0.25, 0.3) is 5.91 Å². The number of phenols is 1. The summed E-state index contributed by atoms with van der Waals surface area (Å²) in [6, 6.07) is 2.19. The summed E-state index contributed by atoms with van der Waals surface area (Å²) >= 11 is 1.28. The van der Waals surface area contributed by atoms with E-state index in [1.807, 2.05) is 32.6 Å². The standard InChI is InChI=1S/C27H34N2O7S/c1-11(2)9-29(10-12(3)4)21-13-8-16-19(22(31)17(13)23(32)20(25(21)34)27(28)35)24(33)18-14(30)6-7-15(36-5)26(18)37-16/h6-7,11-13,16-17,21,30,33-34H,8-10H2,1-5H3,(H2,28,35)/t13?,16?,17?,21-/m0/s1. The van der Waals surface area contributed by atoms with Gasteiger partial charge in [-0.15, -0.1) is 11.8 Å². The minimum atomic E-state index is -1.28. The lowest BCUT2D eigenvalue weighted by Crippen LogP contribution is -2.58. The second-order valence-electron chi connectivity index (χ2n) is 10.8. The topological polar surface area (TPSA) is 150 Å². The Hall–Kier alpha value is -2.98. The van der Waals surface area contributed by atoms with Gasteiger partial charge in [0.15, 0.2) is 11.6 Å². The smallest absolute Gasteiger partial charge is 0.255 e. The van der Waals surface area contributed by atoms with Gasteiger partial charge in [0.2, 0.25) is 0 Å². The highest BCUT2D eigenvalue weighted by Crippen LogP contribution is 2.55. The average molecular weight is 531 g/mol. The van der Waals surface area contributed by atoms with Crippen molar-refractivity contribution >= 4 is 35.0 Å². The number of carbonyl (C=O) groups excluding carboxylic acids is 3. The SMILES string of the molecule is COc1ccc(O)c2c1SC1CC3C(C(=O)C(C(N)=O)=C(O)[C@H]3N(CC(C)C)CC(C)C)C(=O)C1=C2O. The molecule has 1 heterocycles. The van der Waals surface area contributed by atoms with Crippen LogP contribution in [-0.4, -0.2) is 69.2 Å². The summed E-state index contributed by atoms with van der Waals surface area (Å²) in [5.41, 5.74) is 5.09. The summed E-state index contributed by atoms with van der Waals surface area (Å²) in [6.45, 7) is 9.28. The molecule has 3 aliphatic rings. The molecule has 200 valence electrons. The number of aliphatic hydroxyl groups excluding tert-OH is 2. The molecule has 9 nitrogen and oxygen atoms in total. The van der Waals surface area contributed by atoms with Gasteiger partial charge in [-0.05, 0) is 30.4 Å². The van der Waals surface area contributed by atoms with Crippen LogP contribution >= 0.6 is 11.8 Å². The van der Waals surface area contributed by atoms with Gasteiger partial charge in [-0.2, -0.15) is 0 Å². The summed E-state index contributed by atoms with van der Waals surface area (Å²) in [6.07, 6.45) is 0.276. The Bertz CT molecular complexity index is 1210. The number of aromatic hydroxyl groups is 1. The number of hydrogen-bond acceptors (Lipinski definition) is 9. The van der Waals surface area contributed by atoms with E-state index in [0.29, 0.717) is 23.7 Å². The molecule has 0 saturated heterocycles. The van der Waals surface area contributed by atoms with Gasteiger partial charge in [-0.1, -0.05) is 27.7 Å². The number of thioether (sulfide) groups is 1. The molecule has 0 bridgehead atoms. The molecule has 1 aliphatic heterocycles. The van der Waals surface area contributed by atoms with Crippen molar-refractivity contribution in [3.63, 3.8) is 0 Å². The molecule has 0 spiro atoms. The van der Waals surface area contributed by atoms with Gasteiger partial charge in [-0.3, -0.25) is 19.3 Å². The molecule has 10 heteroatoms. The summed E-state index contributed by atoms with van der Waals surface area (Å²) in [7, 11) is 1.48. The van der Waals surface area contributed by atoms with E-state index in [2.05, 4.69) is 0 Å². The zero-order valence-electron chi connectivity index (χ0n) is 21.6. The number of Topliss-reactive ketones (excluding diaryl/α,β-unsaturated/α-hetero) is 2. The van der Waals surface area contributed by atoms with Gasteiger partial charge in [0.05, 0.1) is 35.1 Å². The van der Waals surface area contributed by atoms with Crippen molar-refractivity contribution in [3.8, 4) is 11.5 Å². The number of fused-ring (bicyclic) bond motifs is 3. The molecule has 1 amide bonds. The number of aliphatic hydroxyl groups is 2. The van der Waals surface area contributed by atoms with Crippen LogP contribution in [0.1, 0.15) is 39.7 Å². The highest BCUT2D eigenvalue weighted by molar-refractivity contribution is 8.00. The molecule has 5 N–H and O–H groups in total. The Morgan fingerprint density at radius 3 is 2.27 bits per heavy atom. The van der Waals surface area contributed by atoms with Crippen LogP contribution in [0, 0.1) is 23.7 Å². The Morgan fingerprint density at radius 1 is 1.11 bits per heavy atom. The average Bonchev–Trinajstić information content (AvgIpc) is 2.77. The van der Waals surface area contributed by atoms with Crippen LogP contribution < -0.4 is 10.5 Å². The third-order valence-electron chi connectivity index (χ3n) is 7.17. The molecule has 4 atom stereocenters. The van der Waals surface area contributed by atoms with Crippen molar-refractivity contribution in [2.45, 2.75) is 50.3 Å². The highest BCUT2D eigenvalue weighted by Gasteiger charge is 2.56. The maximum atomic E-state index is 13.9. The number of rotatable bonds is 7. The van der Waals surface area contributed by atoms with E-state index in [1.165, 1.54) is 24.9 Å². The van der Waals surface area contributed by atoms with Crippen molar-refractivity contribution in [1.82, 2.24) is 4.90 Å². The van der Waals surface area contributed by atoms with E-state index < -0.39 is 51.9 Å². The van der Waals surface area contributed by atoms with E-state index in [0.717, 1.165) is 0 Å². The van der Waals surface area contributed by atoms with Crippen molar-refractivity contribution in [3.05, 3.63) is 34.6 Å². The molecule has 4 rings (SSSR count). The Labute approximate surface area is 220 Å². The van der Waals surface area contributed by atoms with Crippen LogP contribution in [0.25, 0.3) is 5.76 Å². The number of phenolic OH excluding ortho intramolecular Hbond substituents is 1. The van der Waals surface area contributed by atoms with E-state index in [-0.39, 0.29) is 40.9 Å². The first-order valence-electron chi connectivity index (χ1n) is 12.4. The van der Waals surface area contributed by atoms with Crippen LogP contribution in [0.4, 0.5) is 0 Å². The zero-order chi connectivity index (χ0) is 27.3. The zero-order valence-corrected chi connectivity index (χ0v) is 22.5. The van der Waals surface area contributed by atoms with Crippen molar-refractivity contribution in [2.75, 3.05) is 20.2 Å². The number of ketones is 2. The van der Waals surface area contributed by atoms with Gasteiger partial charge < -0.3 is 25.8 Å². The van der Waals surface area contributed by atoms with Crippen LogP contribution in [0.15, 0.2) is 33.9 Å². The first-order valence-corrected chi connectivity index (χ1v) is 13.3. The number of nitrogens with two attached hydrogens (primary N) is 1. The summed E-state index contributed by atoms with van der Waals surface area (Å²) in [5.74, 6) is -4.59. The quantitative estimate of drug-likeness (QED) is 0.308. The van der Waals surface area contributed by atoms with Crippen molar-refractivity contribution in [1.29, 1.82) is 0 Å². The molecule has 0 aromatic heterocycles. The van der Waals surface area contributed by atoms with Crippen LogP contribution in [0.2, 0.25) is 0 Å². The van der Waals surface area contributed by atoms with E-state index in [1.54, 1.807) is 6.07 Å². The second-order valence-corrected chi connectivity index (χ2v) is 12.0. The molecule has 1 fully saturated rings. The van der Waals surface area contributed by atoms with Crippen molar-refractivity contribution in [2.24, 2.45) is 29.4 Å². The Kier molecular flexibility index (Phi) is 7.36. The molecule has 1 saturated carbocycles.